The maximum atomic E-state index is 11.0. The van der Waals surface area contributed by atoms with Crippen LogP contribution in [0.3, 0.4) is 0 Å². The van der Waals surface area contributed by atoms with Crippen LogP contribution in [0.5, 0.6) is 0 Å². The van der Waals surface area contributed by atoms with Gasteiger partial charge < -0.3 is 10.1 Å². The second kappa shape index (κ2) is 2.58. The van der Waals surface area contributed by atoms with E-state index in [0.29, 0.717) is 6.61 Å². The first-order valence-corrected chi connectivity index (χ1v) is 3.61. The molecular weight excluding hydrogens is 130 g/mol. The predicted octanol–water partition coefficient (Wildman–Crippen LogP) is 0.301. The third-order valence-electron chi connectivity index (χ3n) is 1.77. The number of hydrogen-bond acceptors (Lipinski definition) is 2. The zero-order valence-corrected chi connectivity index (χ0v) is 6.44. The highest BCUT2D eigenvalue weighted by Gasteiger charge is 2.50. The van der Waals surface area contributed by atoms with E-state index in [1.165, 1.54) is 0 Å². The molecule has 1 amide bonds. The second-order valence-corrected chi connectivity index (χ2v) is 2.51. The molecule has 1 N–H and O–H groups in total. The Labute approximate surface area is 60.7 Å². The van der Waals surface area contributed by atoms with Crippen molar-refractivity contribution >= 4 is 5.91 Å². The minimum atomic E-state index is -0.441. The van der Waals surface area contributed by atoms with Crippen molar-refractivity contribution in [2.75, 3.05) is 13.7 Å². The van der Waals surface area contributed by atoms with Gasteiger partial charge in [0.2, 0.25) is 0 Å². The van der Waals surface area contributed by atoms with Crippen molar-refractivity contribution in [2.45, 2.75) is 25.4 Å². The van der Waals surface area contributed by atoms with E-state index in [9.17, 15) is 4.79 Å². The number of amides is 1. The minimum Gasteiger partial charge on any atom is -0.365 e. The van der Waals surface area contributed by atoms with E-state index in [2.05, 4.69) is 5.32 Å². The van der Waals surface area contributed by atoms with Gasteiger partial charge in [0.25, 0.3) is 5.91 Å². The maximum Gasteiger partial charge on any atom is 0.251 e. The van der Waals surface area contributed by atoms with Crippen molar-refractivity contribution in [3.8, 4) is 0 Å². The third-order valence-corrected chi connectivity index (χ3v) is 1.77. The maximum absolute atomic E-state index is 11.0. The lowest BCUT2D eigenvalue weighted by Gasteiger charge is -2.12. The third kappa shape index (κ3) is 1.14. The van der Waals surface area contributed by atoms with Crippen molar-refractivity contribution in [2.24, 2.45) is 0 Å². The van der Waals surface area contributed by atoms with Crippen molar-refractivity contribution in [1.82, 2.24) is 5.32 Å². The number of likely N-dealkylation sites (N-methyl/N-ethyl adjacent to an activating group) is 1. The monoisotopic (exact) mass is 143 g/mol. The average molecular weight is 143 g/mol. The molecule has 0 heterocycles. The lowest BCUT2D eigenvalue weighted by atomic mass is 10.3. The van der Waals surface area contributed by atoms with Gasteiger partial charge in [0.05, 0.1) is 0 Å². The molecular formula is C7H13NO2. The fraction of sp³-hybridized carbons (Fsp3) is 0.857. The molecule has 3 heteroatoms. The van der Waals surface area contributed by atoms with Crippen LogP contribution in [0.15, 0.2) is 0 Å². The topological polar surface area (TPSA) is 38.3 Å². The first-order valence-electron chi connectivity index (χ1n) is 3.61. The zero-order chi connectivity index (χ0) is 7.61. The van der Waals surface area contributed by atoms with Crippen molar-refractivity contribution in [1.29, 1.82) is 0 Å². The highest BCUT2D eigenvalue weighted by molar-refractivity contribution is 5.87. The largest absolute Gasteiger partial charge is 0.365 e. The number of carbonyl (C=O) groups excluding carboxylic acids is 1. The molecule has 0 saturated heterocycles. The van der Waals surface area contributed by atoms with E-state index in [1.54, 1.807) is 7.05 Å². The van der Waals surface area contributed by atoms with Crippen molar-refractivity contribution in [3.05, 3.63) is 0 Å². The second-order valence-electron chi connectivity index (χ2n) is 2.51. The minimum absolute atomic E-state index is 0.0225. The van der Waals surface area contributed by atoms with E-state index >= 15 is 0 Å². The number of nitrogens with one attached hydrogen (secondary N) is 1. The molecule has 10 heavy (non-hydrogen) atoms. The van der Waals surface area contributed by atoms with Crippen LogP contribution in [0.4, 0.5) is 0 Å². The SMILES string of the molecule is CCOC1(C(=O)NC)CC1. The van der Waals surface area contributed by atoms with Crippen LogP contribution < -0.4 is 5.32 Å². The van der Waals surface area contributed by atoms with Crippen LogP contribution in [-0.2, 0) is 9.53 Å². The molecule has 1 saturated carbocycles. The Morgan fingerprint density at radius 2 is 2.30 bits per heavy atom. The summed E-state index contributed by atoms with van der Waals surface area (Å²) in [4.78, 5) is 11.0. The van der Waals surface area contributed by atoms with Crippen LogP contribution in [0.25, 0.3) is 0 Å². The number of hydrogen-bond donors (Lipinski definition) is 1. The molecule has 1 aliphatic carbocycles. The van der Waals surface area contributed by atoms with Gasteiger partial charge >= 0.3 is 0 Å². The van der Waals surface area contributed by atoms with Gasteiger partial charge in [0.1, 0.15) is 5.60 Å². The smallest absolute Gasteiger partial charge is 0.251 e. The predicted molar refractivity (Wildman–Crippen MR) is 37.7 cm³/mol. The normalized spacial score (nSPS) is 20.2. The van der Waals surface area contributed by atoms with E-state index in [0.717, 1.165) is 12.8 Å². The standard InChI is InChI=1S/C7H13NO2/c1-3-10-7(4-5-7)6(9)8-2/h3-5H2,1-2H3,(H,8,9). The van der Waals surface area contributed by atoms with E-state index < -0.39 is 5.60 Å². The molecule has 0 bridgehead atoms. The molecule has 0 aromatic heterocycles. The summed E-state index contributed by atoms with van der Waals surface area (Å²) in [6.07, 6.45) is 1.75. The molecule has 0 radical (unpaired) electrons. The Hall–Kier alpha value is -0.570. The van der Waals surface area contributed by atoms with Gasteiger partial charge in [-0.25, -0.2) is 0 Å². The Balaban J connectivity index is 2.43. The quantitative estimate of drug-likeness (QED) is 0.617. The lowest BCUT2D eigenvalue weighted by Crippen LogP contribution is -2.35. The van der Waals surface area contributed by atoms with E-state index in [4.69, 9.17) is 4.74 Å². The summed E-state index contributed by atoms with van der Waals surface area (Å²) in [5, 5.41) is 2.59. The van der Waals surface area contributed by atoms with Gasteiger partial charge in [-0.3, -0.25) is 4.79 Å². The number of ether oxygens (including phenoxy) is 1. The lowest BCUT2D eigenvalue weighted by molar-refractivity contribution is -0.134. The molecule has 1 aliphatic rings. The van der Waals surface area contributed by atoms with Crippen LogP contribution >= 0.6 is 0 Å². The Kier molecular flexibility index (Phi) is 1.94. The fourth-order valence-electron chi connectivity index (χ4n) is 1.05. The molecule has 1 fully saturated rings. The molecule has 0 unspecified atom stereocenters. The number of carbonyl (C=O) groups is 1. The highest BCUT2D eigenvalue weighted by atomic mass is 16.5. The first kappa shape index (κ1) is 7.54. The van der Waals surface area contributed by atoms with Gasteiger partial charge in [-0.1, -0.05) is 0 Å². The summed E-state index contributed by atoms with van der Waals surface area (Å²) >= 11 is 0. The zero-order valence-electron chi connectivity index (χ0n) is 6.44. The van der Waals surface area contributed by atoms with Crippen molar-refractivity contribution in [3.63, 3.8) is 0 Å². The van der Waals surface area contributed by atoms with Crippen LogP contribution in [0, 0.1) is 0 Å². The highest BCUT2D eigenvalue weighted by Crippen LogP contribution is 2.39. The summed E-state index contributed by atoms with van der Waals surface area (Å²) in [6, 6.07) is 0. The van der Waals surface area contributed by atoms with Crippen molar-refractivity contribution < 1.29 is 9.53 Å². The van der Waals surface area contributed by atoms with Gasteiger partial charge in [-0.05, 0) is 19.8 Å². The van der Waals surface area contributed by atoms with Gasteiger partial charge in [-0.2, -0.15) is 0 Å². The summed E-state index contributed by atoms with van der Waals surface area (Å²) in [5.41, 5.74) is -0.441. The molecule has 0 aromatic rings. The number of rotatable bonds is 3. The van der Waals surface area contributed by atoms with E-state index in [1.807, 2.05) is 6.92 Å². The first-order chi connectivity index (χ1) is 4.75. The van der Waals surface area contributed by atoms with Crippen LogP contribution in [-0.4, -0.2) is 25.2 Å². The Bertz CT molecular complexity index is 141. The van der Waals surface area contributed by atoms with Gasteiger partial charge in [0, 0.05) is 13.7 Å². The van der Waals surface area contributed by atoms with Gasteiger partial charge in [-0.15, -0.1) is 0 Å². The molecule has 58 valence electrons. The van der Waals surface area contributed by atoms with E-state index in [-0.39, 0.29) is 5.91 Å². The van der Waals surface area contributed by atoms with Gasteiger partial charge in [0.15, 0.2) is 0 Å². The Morgan fingerprint density at radius 1 is 1.70 bits per heavy atom. The van der Waals surface area contributed by atoms with Crippen LogP contribution in [0.2, 0.25) is 0 Å². The summed E-state index contributed by atoms with van der Waals surface area (Å²) in [5.74, 6) is 0.0225. The molecule has 0 aliphatic heterocycles. The molecule has 3 nitrogen and oxygen atoms in total. The summed E-state index contributed by atoms with van der Waals surface area (Å²) in [6.45, 7) is 2.52. The molecule has 0 spiro atoms. The molecule has 0 atom stereocenters. The fourth-order valence-corrected chi connectivity index (χ4v) is 1.05. The molecule has 1 rings (SSSR count). The average Bonchev–Trinajstić information content (AvgIpc) is 2.69. The van der Waals surface area contributed by atoms with Crippen LogP contribution in [0.1, 0.15) is 19.8 Å². The Morgan fingerprint density at radius 3 is 2.60 bits per heavy atom. The summed E-state index contributed by atoms with van der Waals surface area (Å²) < 4.78 is 5.28. The molecule has 0 aromatic carbocycles. The summed E-state index contributed by atoms with van der Waals surface area (Å²) in [7, 11) is 1.64.